The molecule has 80 valence electrons. The van der Waals surface area contributed by atoms with Crippen LogP contribution in [0.2, 0.25) is 0 Å². The molecule has 0 aliphatic heterocycles. The highest BCUT2D eigenvalue weighted by atomic mass is 16.2. The first-order chi connectivity index (χ1) is 7.22. The summed E-state index contributed by atoms with van der Waals surface area (Å²) in [5.74, 6) is 0.160. The van der Waals surface area contributed by atoms with E-state index in [0.29, 0.717) is 6.04 Å². The van der Waals surface area contributed by atoms with E-state index >= 15 is 0 Å². The second-order valence-corrected chi connectivity index (χ2v) is 4.20. The molecule has 0 heterocycles. The van der Waals surface area contributed by atoms with Gasteiger partial charge in [-0.25, -0.2) is 0 Å². The number of hydrogen-bond donors (Lipinski definition) is 0. The lowest BCUT2D eigenvalue weighted by atomic mass is 10.1. The van der Waals surface area contributed by atoms with E-state index in [1.807, 2.05) is 30.1 Å². The number of benzene rings is 1. The molecule has 0 N–H and O–H groups in total. The number of amides is 1. The molecule has 1 aliphatic carbocycles. The molecule has 2 nitrogen and oxygen atoms in total. The highest BCUT2D eigenvalue weighted by Crippen LogP contribution is 2.26. The standard InChI is InChI=1S/C13H17NO/c1-3-10-5-4-6-11(9-10)13(15)14(2)12-7-8-12/h4-6,9,12H,3,7-8H2,1-2H3. The Hall–Kier alpha value is -1.31. The fraction of sp³-hybridized carbons (Fsp3) is 0.462. The molecule has 0 unspecified atom stereocenters. The highest BCUT2D eigenvalue weighted by molar-refractivity contribution is 5.94. The average molecular weight is 203 g/mol. The van der Waals surface area contributed by atoms with Crippen molar-refractivity contribution in [2.45, 2.75) is 32.2 Å². The number of hydrogen-bond acceptors (Lipinski definition) is 1. The Morgan fingerprint density at radius 2 is 2.20 bits per heavy atom. The quantitative estimate of drug-likeness (QED) is 0.739. The Morgan fingerprint density at radius 1 is 1.47 bits per heavy atom. The van der Waals surface area contributed by atoms with Gasteiger partial charge in [0.15, 0.2) is 0 Å². The maximum absolute atomic E-state index is 12.0. The van der Waals surface area contributed by atoms with Crippen LogP contribution < -0.4 is 0 Å². The Morgan fingerprint density at radius 3 is 2.80 bits per heavy atom. The van der Waals surface area contributed by atoms with Crippen molar-refractivity contribution in [3.63, 3.8) is 0 Å². The number of carbonyl (C=O) groups is 1. The predicted molar refractivity (Wildman–Crippen MR) is 60.9 cm³/mol. The van der Waals surface area contributed by atoms with Crippen LogP contribution in [-0.4, -0.2) is 23.9 Å². The van der Waals surface area contributed by atoms with Gasteiger partial charge in [-0.2, -0.15) is 0 Å². The second-order valence-electron chi connectivity index (χ2n) is 4.20. The Labute approximate surface area is 90.9 Å². The van der Waals surface area contributed by atoms with Crippen molar-refractivity contribution in [3.8, 4) is 0 Å². The first-order valence-corrected chi connectivity index (χ1v) is 5.58. The molecule has 1 amide bonds. The van der Waals surface area contributed by atoms with E-state index in [9.17, 15) is 4.79 Å². The summed E-state index contributed by atoms with van der Waals surface area (Å²) < 4.78 is 0. The van der Waals surface area contributed by atoms with E-state index in [2.05, 4.69) is 13.0 Å². The summed E-state index contributed by atoms with van der Waals surface area (Å²) >= 11 is 0. The summed E-state index contributed by atoms with van der Waals surface area (Å²) in [4.78, 5) is 13.9. The van der Waals surface area contributed by atoms with Crippen molar-refractivity contribution >= 4 is 5.91 Å². The van der Waals surface area contributed by atoms with Crippen LogP contribution in [0.5, 0.6) is 0 Å². The molecule has 0 saturated heterocycles. The van der Waals surface area contributed by atoms with Crippen molar-refractivity contribution in [1.82, 2.24) is 4.90 Å². The summed E-state index contributed by atoms with van der Waals surface area (Å²) in [6.45, 7) is 2.11. The largest absolute Gasteiger partial charge is 0.339 e. The molecule has 2 rings (SSSR count). The maximum atomic E-state index is 12.0. The molecule has 1 fully saturated rings. The van der Waals surface area contributed by atoms with Gasteiger partial charge in [0.05, 0.1) is 0 Å². The molecule has 1 saturated carbocycles. The number of aryl methyl sites for hydroxylation is 1. The molecule has 0 atom stereocenters. The highest BCUT2D eigenvalue weighted by Gasteiger charge is 2.29. The smallest absolute Gasteiger partial charge is 0.253 e. The minimum absolute atomic E-state index is 0.160. The van der Waals surface area contributed by atoms with E-state index in [1.165, 1.54) is 5.56 Å². The molecular formula is C13H17NO. The molecule has 1 aliphatic rings. The lowest BCUT2D eigenvalue weighted by Gasteiger charge is -2.16. The van der Waals surface area contributed by atoms with Crippen LogP contribution in [0.3, 0.4) is 0 Å². The van der Waals surface area contributed by atoms with Crippen molar-refractivity contribution in [1.29, 1.82) is 0 Å². The van der Waals surface area contributed by atoms with Crippen LogP contribution in [0.25, 0.3) is 0 Å². The van der Waals surface area contributed by atoms with Crippen LogP contribution >= 0.6 is 0 Å². The Kier molecular flexibility index (Phi) is 2.76. The molecule has 2 heteroatoms. The second kappa shape index (κ2) is 4.05. The van der Waals surface area contributed by atoms with Crippen LogP contribution in [0.15, 0.2) is 24.3 Å². The van der Waals surface area contributed by atoms with Gasteiger partial charge in [-0.15, -0.1) is 0 Å². The molecule has 1 aromatic carbocycles. The first kappa shape index (κ1) is 10.2. The van der Waals surface area contributed by atoms with E-state index in [-0.39, 0.29) is 5.91 Å². The topological polar surface area (TPSA) is 20.3 Å². The molecule has 15 heavy (non-hydrogen) atoms. The fourth-order valence-electron chi connectivity index (χ4n) is 1.76. The van der Waals surface area contributed by atoms with Crippen LogP contribution in [-0.2, 0) is 6.42 Å². The van der Waals surface area contributed by atoms with Crippen LogP contribution in [0.1, 0.15) is 35.7 Å². The summed E-state index contributed by atoms with van der Waals surface area (Å²) in [6, 6.07) is 8.42. The molecule has 1 aromatic rings. The first-order valence-electron chi connectivity index (χ1n) is 5.58. The van der Waals surface area contributed by atoms with Crippen molar-refractivity contribution in [3.05, 3.63) is 35.4 Å². The summed E-state index contributed by atoms with van der Waals surface area (Å²) in [7, 11) is 1.90. The molecule has 0 spiro atoms. The lowest BCUT2D eigenvalue weighted by Crippen LogP contribution is -2.28. The third-order valence-corrected chi connectivity index (χ3v) is 3.00. The fourth-order valence-corrected chi connectivity index (χ4v) is 1.76. The van der Waals surface area contributed by atoms with Gasteiger partial charge in [0.2, 0.25) is 0 Å². The Bertz CT molecular complexity index is 369. The Balaban J connectivity index is 2.16. The lowest BCUT2D eigenvalue weighted by molar-refractivity contribution is 0.0785. The molecule has 0 aromatic heterocycles. The van der Waals surface area contributed by atoms with Gasteiger partial charge in [0, 0.05) is 18.7 Å². The zero-order valence-electron chi connectivity index (χ0n) is 9.36. The predicted octanol–water partition coefficient (Wildman–Crippen LogP) is 2.48. The van der Waals surface area contributed by atoms with Gasteiger partial charge in [0.1, 0.15) is 0 Å². The zero-order valence-corrected chi connectivity index (χ0v) is 9.36. The third-order valence-electron chi connectivity index (χ3n) is 3.00. The van der Waals surface area contributed by atoms with Crippen LogP contribution in [0.4, 0.5) is 0 Å². The van der Waals surface area contributed by atoms with Gasteiger partial charge >= 0.3 is 0 Å². The minimum atomic E-state index is 0.160. The van der Waals surface area contributed by atoms with Crippen molar-refractivity contribution < 1.29 is 4.79 Å². The van der Waals surface area contributed by atoms with E-state index in [0.717, 1.165) is 24.8 Å². The molecule has 0 radical (unpaired) electrons. The molecule has 0 bridgehead atoms. The third kappa shape index (κ3) is 2.20. The van der Waals surface area contributed by atoms with E-state index in [4.69, 9.17) is 0 Å². The normalized spacial score (nSPS) is 15.1. The van der Waals surface area contributed by atoms with E-state index in [1.54, 1.807) is 0 Å². The van der Waals surface area contributed by atoms with Gasteiger partial charge in [-0.3, -0.25) is 4.79 Å². The average Bonchev–Trinajstić information content (AvgIpc) is 3.11. The van der Waals surface area contributed by atoms with Gasteiger partial charge in [-0.1, -0.05) is 19.1 Å². The number of rotatable bonds is 3. The molecular weight excluding hydrogens is 186 g/mol. The van der Waals surface area contributed by atoms with E-state index < -0.39 is 0 Å². The zero-order chi connectivity index (χ0) is 10.8. The van der Waals surface area contributed by atoms with Crippen molar-refractivity contribution in [2.75, 3.05) is 7.05 Å². The maximum Gasteiger partial charge on any atom is 0.253 e. The monoisotopic (exact) mass is 203 g/mol. The van der Waals surface area contributed by atoms with Gasteiger partial charge in [-0.05, 0) is 37.0 Å². The number of carbonyl (C=O) groups excluding carboxylic acids is 1. The van der Waals surface area contributed by atoms with Gasteiger partial charge in [0.25, 0.3) is 5.91 Å². The van der Waals surface area contributed by atoms with Gasteiger partial charge < -0.3 is 4.90 Å². The summed E-state index contributed by atoms with van der Waals surface area (Å²) in [6.07, 6.45) is 3.31. The van der Waals surface area contributed by atoms with Crippen LogP contribution in [0, 0.1) is 0 Å². The summed E-state index contributed by atoms with van der Waals surface area (Å²) in [5.41, 5.74) is 2.05. The SMILES string of the molecule is CCc1cccc(C(=O)N(C)C2CC2)c1. The number of nitrogens with zero attached hydrogens (tertiary/aromatic N) is 1. The minimum Gasteiger partial charge on any atom is -0.339 e. The summed E-state index contributed by atoms with van der Waals surface area (Å²) in [5, 5.41) is 0. The van der Waals surface area contributed by atoms with Crippen molar-refractivity contribution in [2.24, 2.45) is 0 Å².